The van der Waals surface area contributed by atoms with E-state index in [0.717, 1.165) is 18.5 Å². The van der Waals surface area contributed by atoms with Crippen LogP contribution in [0.2, 0.25) is 0 Å². The van der Waals surface area contributed by atoms with Crippen LogP contribution in [0, 0.1) is 5.41 Å². The molecular weight excluding hydrogens is 164 g/mol. The van der Waals surface area contributed by atoms with E-state index in [4.69, 9.17) is 5.73 Å². The Labute approximate surface area is 78.1 Å². The molecular formula is C9H16N4. The van der Waals surface area contributed by atoms with Gasteiger partial charge in [-0.1, -0.05) is 19.1 Å². The molecule has 1 aromatic heterocycles. The summed E-state index contributed by atoms with van der Waals surface area (Å²) in [5, 5.41) is 8.09. The summed E-state index contributed by atoms with van der Waals surface area (Å²) < 4.78 is 1.84. The lowest BCUT2D eigenvalue weighted by Gasteiger charge is -2.32. The van der Waals surface area contributed by atoms with Crippen LogP contribution in [0.4, 0.5) is 0 Å². The molecule has 13 heavy (non-hydrogen) atoms. The topological polar surface area (TPSA) is 56.7 Å². The molecule has 1 heterocycles. The highest BCUT2D eigenvalue weighted by Crippen LogP contribution is 2.37. The average molecular weight is 180 g/mol. The van der Waals surface area contributed by atoms with E-state index in [2.05, 4.69) is 24.2 Å². The van der Waals surface area contributed by atoms with E-state index in [0.29, 0.717) is 0 Å². The molecule has 1 aliphatic carbocycles. The highest BCUT2D eigenvalue weighted by molar-refractivity contribution is 5.20. The largest absolute Gasteiger partial charge is 0.323 e. The van der Waals surface area contributed by atoms with Crippen LogP contribution in [0.3, 0.4) is 0 Å². The van der Waals surface area contributed by atoms with Crippen LogP contribution < -0.4 is 5.73 Å². The van der Waals surface area contributed by atoms with Crippen molar-refractivity contribution in [1.29, 1.82) is 0 Å². The molecule has 1 unspecified atom stereocenters. The van der Waals surface area contributed by atoms with Gasteiger partial charge in [-0.2, -0.15) is 0 Å². The summed E-state index contributed by atoms with van der Waals surface area (Å²) in [6, 6.07) is 0.0625. The Morgan fingerprint density at radius 3 is 2.92 bits per heavy atom. The summed E-state index contributed by atoms with van der Waals surface area (Å²) in [6.07, 6.45) is 2.03. The summed E-state index contributed by atoms with van der Waals surface area (Å²) in [5.74, 6) is 0. The molecule has 2 rings (SSSR count). The Kier molecular flexibility index (Phi) is 1.70. The fraction of sp³-hybridized carbons (Fsp3) is 0.778. The van der Waals surface area contributed by atoms with E-state index in [1.54, 1.807) is 0 Å². The molecule has 2 N–H and O–H groups in total. The van der Waals surface area contributed by atoms with Gasteiger partial charge < -0.3 is 5.73 Å². The fourth-order valence-corrected chi connectivity index (χ4v) is 2.10. The summed E-state index contributed by atoms with van der Waals surface area (Å²) >= 11 is 0. The Hall–Kier alpha value is -0.900. The van der Waals surface area contributed by atoms with Crippen LogP contribution in [0.25, 0.3) is 0 Å². The normalized spacial score (nSPS) is 25.7. The Morgan fingerprint density at radius 2 is 2.23 bits per heavy atom. The molecule has 4 heteroatoms. The van der Waals surface area contributed by atoms with Crippen LogP contribution in [0.5, 0.6) is 0 Å². The number of aryl methyl sites for hydroxylation is 1. The maximum atomic E-state index is 6.02. The van der Waals surface area contributed by atoms with Gasteiger partial charge in [-0.05, 0) is 18.3 Å². The number of rotatable bonds is 0. The maximum Gasteiger partial charge on any atom is 0.103 e. The molecule has 0 aliphatic heterocycles. The van der Waals surface area contributed by atoms with Gasteiger partial charge in [-0.15, -0.1) is 5.10 Å². The second-order valence-corrected chi connectivity index (χ2v) is 4.70. The Balaban J connectivity index is 2.45. The van der Waals surface area contributed by atoms with E-state index in [-0.39, 0.29) is 11.5 Å². The highest BCUT2D eigenvalue weighted by Gasteiger charge is 2.33. The highest BCUT2D eigenvalue weighted by atomic mass is 15.4. The minimum Gasteiger partial charge on any atom is -0.323 e. The van der Waals surface area contributed by atoms with Gasteiger partial charge in [0.15, 0.2) is 0 Å². The van der Waals surface area contributed by atoms with Gasteiger partial charge in [0.05, 0.1) is 11.7 Å². The van der Waals surface area contributed by atoms with Gasteiger partial charge in [-0.3, -0.25) is 4.68 Å². The van der Waals surface area contributed by atoms with Crippen molar-refractivity contribution < 1.29 is 0 Å². The molecule has 0 amide bonds. The van der Waals surface area contributed by atoms with Crippen LogP contribution >= 0.6 is 0 Å². The smallest absolute Gasteiger partial charge is 0.103 e. The number of hydrogen-bond donors (Lipinski definition) is 1. The minimum absolute atomic E-state index is 0.0625. The minimum atomic E-state index is 0.0625. The maximum absolute atomic E-state index is 6.02. The first kappa shape index (κ1) is 8.69. The van der Waals surface area contributed by atoms with Crippen molar-refractivity contribution in [2.24, 2.45) is 18.2 Å². The zero-order valence-corrected chi connectivity index (χ0v) is 8.41. The zero-order chi connectivity index (χ0) is 9.64. The van der Waals surface area contributed by atoms with Crippen molar-refractivity contribution in [2.75, 3.05) is 0 Å². The first-order valence-corrected chi connectivity index (χ1v) is 4.64. The van der Waals surface area contributed by atoms with Gasteiger partial charge in [0.25, 0.3) is 0 Å². The summed E-state index contributed by atoms with van der Waals surface area (Å²) in [5.41, 5.74) is 8.48. The average Bonchev–Trinajstić information content (AvgIpc) is 2.30. The lowest BCUT2D eigenvalue weighted by Crippen LogP contribution is -2.30. The van der Waals surface area contributed by atoms with Crippen LogP contribution in [-0.2, 0) is 13.5 Å². The van der Waals surface area contributed by atoms with Crippen LogP contribution in [0.15, 0.2) is 0 Å². The molecule has 1 aliphatic rings. The zero-order valence-electron chi connectivity index (χ0n) is 8.41. The van der Waals surface area contributed by atoms with E-state index in [1.807, 2.05) is 11.7 Å². The fourth-order valence-electron chi connectivity index (χ4n) is 2.10. The number of fused-ring (bicyclic) bond motifs is 1. The molecule has 0 aromatic carbocycles. The first-order chi connectivity index (χ1) is 5.99. The third kappa shape index (κ3) is 1.35. The second kappa shape index (κ2) is 2.54. The summed E-state index contributed by atoms with van der Waals surface area (Å²) in [7, 11) is 1.93. The van der Waals surface area contributed by atoms with E-state index >= 15 is 0 Å². The predicted octanol–water partition coefficient (Wildman–Crippen LogP) is 0.787. The number of nitrogens with two attached hydrogens (primary N) is 1. The summed E-state index contributed by atoms with van der Waals surface area (Å²) in [4.78, 5) is 0. The van der Waals surface area contributed by atoms with E-state index in [9.17, 15) is 0 Å². The molecule has 0 saturated carbocycles. The molecule has 0 radical (unpaired) electrons. The van der Waals surface area contributed by atoms with Gasteiger partial charge in [0.2, 0.25) is 0 Å². The summed E-state index contributed by atoms with van der Waals surface area (Å²) in [6.45, 7) is 4.48. The number of aromatic nitrogens is 3. The van der Waals surface area contributed by atoms with Gasteiger partial charge in [0.1, 0.15) is 5.69 Å². The molecule has 1 aromatic rings. The lowest BCUT2D eigenvalue weighted by atomic mass is 9.76. The Morgan fingerprint density at radius 1 is 1.54 bits per heavy atom. The quantitative estimate of drug-likeness (QED) is 0.642. The lowest BCUT2D eigenvalue weighted by molar-refractivity contribution is 0.274. The molecule has 0 saturated heterocycles. The van der Waals surface area contributed by atoms with Gasteiger partial charge in [0, 0.05) is 7.05 Å². The predicted molar refractivity (Wildman–Crippen MR) is 50.0 cm³/mol. The molecule has 0 bridgehead atoms. The monoisotopic (exact) mass is 180 g/mol. The third-order valence-corrected chi connectivity index (χ3v) is 2.74. The van der Waals surface area contributed by atoms with Crippen molar-refractivity contribution in [2.45, 2.75) is 32.7 Å². The number of hydrogen-bond acceptors (Lipinski definition) is 3. The third-order valence-electron chi connectivity index (χ3n) is 2.74. The van der Waals surface area contributed by atoms with E-state index in [1.165, 1.54) is 5.69 Å². The van der Waals surface area contributed by atoms with Crippen molar-refractivity contribution in [3.05, 3.63) is 11.4 Å². The molecule has 0 fully saturated rings. The molecule has 4 nitrogen and oxygen atoms in total. The second-order valence-electron chi connectivity index (χ2n) is 4.70. The molecule has 1 atom stereocenters. The van der Waals surface area contributed by atoms with E-state index < -0.39 is 0 Å². The van der Waals surface area contributed by atoms with Crippen molar-refractivity contribution in [3.8, 4) is 0 Å². The van der Waals surface area contributed by atoms with Crippen molar-refractivity contribution in [1.82, 2.24) is 15.0 Å². The van der Waals surface area contributed by atoms with Crippen molar-refractivity contribution in [3.63, 3.8) is 0 Å². The van der Waals surface area contributed by atoms with Gasteiger partial charge in [-0.25, -0.2) is 0 Å². The number of nitrogens with zero attached hydrogens (tertiary/aromatic N) is 3. The SMILES string of the molecule is Cn1nnc2c1CC(C)(C)CC2N. The van der Waals surface area contributed by atoms with Gasteiger partial charge >= 0.3 is 0 Å². The first-order valence-electron chi connectivity index (χ1n) is 4.64. The Bertz CT molecular complexity index is 326. The molecule has 0 spiro atoms. The standard InChI is InChI=1S/C9H16N4/c1-9(2)4-6(10)8-7(5-9)13(3)12-11-8/h6H,4-5,10H2,1-3H3. The van der Waals surface area contributed by atoms with Crippen molar-refractivity contribution >= 4 is 0 Å². The van der Waals surface area contributed by atoms with Crippen LogP contribution in [0.1, 0.15) is 37.7 Å². The molecule has 72 valence electrons. The van der Waals surface area contributed by atoms with Crippen LogP contribution in [-0.4, -0.2) is 15.0 Å².